The summed E-state index contributed by atoms with van der Waals surface area (Å²) in [7, 11) is 0. The summed E-state index contributed by atoms with van der Waals surface area (Å²) in [4.78, 5) is 0. The maximum atomic E-state index is 4.17. The van der Waals surface area contributed by atoms with Gasteiger partial charge in [-0.05, 0) is 34.5 Å². The van der Waals surface area contributed by atoms with E-state index in [-0.39, 0.29) is 0 Å². The Bertz CT molecular complexity index is 420. The first-order valence-electron chi connectivity index (χ1n) is 4.04. The molecular formula is C10H9BrN2. The SMILES string of the molecule is Cc1ccccc1-c1cc(Br)[nH]n1. The van der Waals surface area contributed by atoms with Crippen molar-refractivity contribution in [2.75, 3.05) is 0 Å². The van der Waals surface area contributed by atoms with Crippen molar-refractivity contribution in [2.24, 2.45) is 0 Å². The van der Waals surface area contributed by atoms with Crippen molar-refractivity contribution in [1.29, 1.82) is 0 Å². The molecule has 2 rings (SSSR count). The van der Waals surface area contributed by atoms with Crippen molar-refractivity contribution >= 4 is 15.9 Å². The minimum absolute atomic E-state index is 0.908. The van der Waals surface area contributed by atoms with Crippen molar-refractivity contribution in [3.05, 3.63) is 40.5 Å². The Labute approximate surface area is 85.1 Å². The fourth-order valence-electron chi connectivity index (χ4n) is 1.30. The number of hydrogen-bond donors (Lipinski definition) is 1. The molecule has 0 bridgehead atoms. The number of benzene rings is 1. The maximum Gasteiger partial charge on any atom is 0.101 e. The molecule has 1 heterocycles. The number of halogens is 1. The molecule has 0 aliphatic heterocycles. The first kappa shape index (κ1) is 8.51. The lowest BCUT2D eigenvalue weighted by Gasteiger charge is -1.99. The number of nitrogens with zero attached hydrogens (tertiary/aromatic N) is 1. The zero-order valence-electron chi connectivity index (χ0n) is 7.21. The third-order valence-corrected chi connectivity index (χ3v) is 2.37. The van der Waals surface area contributed by atoms with E-state index in [4.69, 9.17) is 0 Å². The van der Waals surface area contributed by atoms with Gasteiger partial charge in [0.05, 0.1) is 5.69 Å². The van der Waals surface area contributed by atoms with Crippen LogP contribution in [0.25, 0.3) is 11.3 Å². The van der Waals surface area contributed by atoms with Crippen LogP contribution in [0.15, 0.2) is 34.9 Å². The molecule has 1 aromatic carbocycles. The van der Waals surface area contributed by atoms with Gasteiger partial charge in [0, 0.05) is 5.56 Å². The van der Waals surface area contributed by atoms with E-state index in [1.165, 1.54) is 11.1 Å². The molecule has 13 heavy (non-hydrogen) atoms. The lowest BCUT2D eigenvalue weighted by atomic mass is 10.1. The van der Waals surface area contributed by atoms with Gasteiger partial charge < -0.3 is 0 Å². The topological polar surface area (TPSA) is 28.7 Å². The van der Waals surface area contributed by atoms with E-state index in [9.17, 15) is 0 Å². The molecule has 0 unspecified atom stereocenters. The second-order valence-electron chi connectivity index (χ2n) is 2.92. The predicted octanol–water partition coefficient (Wildman–Crippen LogP) is 3.15. The normalized spacial score (nSPS) is 10.3. The molecule has 2 aromatic rings. The smallest absolute Gasteiger partial charge is 0.101 e. The van der Waals surface area contributed by atoms with Gasteiger partial charge in [0.25, 0.3) is 0 Å². The van der Waals surface area contributed by atoms with Gasteiger partial charge in [-0.2, -0.15) is 5.10 Å². The van der Waals surface area contributed by atoms with Crippen LogP contribution in [0.1, 0.15) is 5.56 Å². The summed E-state index contributed by atoms with van der Waals surface area (Å²) in [5.41, 5.74) is 3.39. The van der Waals surface area contributed by atoms with Gasteiger partial charge in [-0.1, -0.05) is 24.3 Å². The minimum atomic E-state index is 0.908. The molecule has 0 aliphatic rings. The van der Waals surface area contributed by atoms with Gasteiger partial charge in [-0.3, -0.25) is 5.10 Å². The Morgan fingerprint density at radius 3 is 2.69 bits per heavy atom. The minimum Gasteiger partial charge on any atom is -0.271 e. The zero-order valence-corrected chi connectivity index (χ0v) is 8.80. The molecule has 0 amide bonds. The van der Waals surface area contributed by atoms with Gasteiger partial charge in [-0.15, -0.1) is 0 Å². The summed E-state index contributed by atoms with van der Waals surface area (Å²) in [6.45, 7) is 2.08. The van der Waals surface area contributed by atoms with E-state index in [1.54, 1.807) is 0 Å². The summed E-state index contributed by atoms with van der Waals surface area (Å²) >= 11 is 3.34. The lowest BCUT2D eigenvalue weighted by Crippen LogP contribution is -1.81. The first-order chi connectivity index (χ1) is 6.27. The molecule has 0 atom stereocenters. The van der Waals surface area contributed by atoms with Crippen molar-refractivity contribution < 1.29 is 0 Å². The molecule has 1 N–H and O–H groups in total. The van der Waals surface area contributed by atoms with Gasteiger partial charge in [0.15, 0.2) is 0 Å². The summed E-state index contributed by atoms with van der Waals surface area (Å²) in [6, 6.07) is 10.2. The van der Waals surface area contributed by atoms with Crippen molar-refractivity contribution in [3.8, 4) is 11.3 Å². The van der Waals surface area contributed by atoms with E-state index in [0.717, 1.165) is 10.3 Å². The van der Waals surface area contributed by atoms with Crippen molar-refractivity contribution in [3.63, 3.8) is 0 Å². The highest BCUT2D eigenvalue weighted by Gasteiger charge is 2.03. The van der Waals surface area contributed by atoms with Crippen LogP contribution in [-0.4, -0.2) is 10.2 Å². The Hall–Kier alpha value is -1.09. The monoisotopic (exact) mass is 236 g/mol. The summed E-state index contributed by atoms with van der Waals surface area (Å²) in [6.07, 6.45) is 0. The lowest BCUT2D eigenvalue weighted by molar-refractivity contribution is 1.07. The molecule has 1 aromatic heterocycles. The Morgan fingerprint density at radius 1 is 1.31 bits per heavy atom. The second-order valence-corrected chi connectivity index (χ2v) is 3.77. The number of nitrogens with one attached hydrogen (secondary N) is 1. The maximum absolute atomic E-state index is 4.17. The average molecular weight is 237 g/mol. The summed E-state index contributed by atoms with van der Waals surface area (Å²) < 4.78 is 0.908. The van der Waals surface area contributed by atoms with Crippen LogP contribution in [0.3, 0.4) is 0 Å². The zero-order chi connectivity index (χ0) is 9.26. The van der Waals surface area contributed by atoms with Crippen LogP contribution in [0.4, 0.5) is 0 Å². The van der Waals surface area contributed by atoms with Crippen LogP contribution in [0, 0.1) is 6.92 Å². The standard InChI is InChI=1S/C10H9BrN2/c1-7-4-2-3-5-8(7)9-6-10(11)13-12-9/h2-6H,1H3,(H,12,13). The molecule has 2 nitrogen and oxygen atoms in total. The summed E-state index contributed by atoms with van der Waals surface area (Å²) in [5.74, 6) is 0. The predicted molar refractivity (Wildman–Crippen MR) is 56.5 cm³/mol. The van der Waals surface area contributed by atoms with Crippen LogP contribution < -0.4 is 0 Å². The number of aromatic amines is 1. The molecule has 0 saturated heterocycles. The van der Waals surface area contributed by atoms with Crippen LogP contribution in [0.5, 0.6) is 0 Å². The Balaban J connectivity index is 2.52. The van der Waals surface area contributed by atoms with Crippen molar-refractivity contribution in [1.82, 2.24) is 10.2 Å². The average Bonchev–Trinajstić information content (AvgIpc) is 2.53. The molecule has 66 valence electrons. The highest BCUT2D eigenvalue weighted by Crippen LogP contribution is 2.22. The van der Waals surface area contributed by atoms with E-state index < -0.39 is 0 Å². The van der Waals surface area contributed by atoms with E-state index in [0.29, 0.717) is 0 Å². The van der Waals surface area contributed by atoms with Gasteiger partial charge >= 0.3 is 0 Å². The third kappa shape index (κ3) is 1.65. The van der Waals surface area contributed by atoms with E-state index in [2.05, 4.69) is 45.2 Å². The van der Waals surface area contributed by atoms with Gasteiger partial charge in [0.1, 0.15) is 4.60 Å². The van der Waals surface area contributed by atoms with Crippen molar-refractivity contribution in [2.45, 2.75) is 6.92 Å². The van der Waals surface area contributed by atoms with Crippen LogP contribution >= 0.6 is 15.9 Å². The number of aromatic nitrogens is 2. The quantitative estimate of drug-likeness (QED) is 0.810. The van der Waals surface area contributed by atoms with Crippen LogP contribution in [0.2, 0.25) is 0 Å². The van der Waals surface area contributed by atoms with Gasteiger partial charge in [-0.25, -0.2) is 0 Å². The van der Waals surface area contributed by atoms with E-state index >= 15 is 0 Å². The Morgan fingerprint density at radius 2 is 2.08 bits per heavy atom. The van der Waals surface area contributed by atoms with Gasteiger partial charge in [0.2, 0.25) is 0 Å². The van der Waals surface area contributed by atoms with E-state index in [1.807, 2.05) is 18.2 Å². The largest absolute Gasteiger partial charge is 0.271 e. The molecule has 3 heteroatoms. The number of aryl methyl sites for hydroxylation is 1. The molecule has 0 aliphatic carbocycles. The highest BCUT2D eigenvalue weighted by atomic mass is 79.9. The molecule has 0 saturated carbocycles. The molecule has 0 radical (unpaired) electrons. The fraction of sp³-hybridized carbons (Fsp3) is 0.100. The molecule has 0 spiro atoms. The molecular weight excluding hydrogens is 228 g/mol. The number of H-pyrrole nitrogens is 1. The second kappa shape index (κ2) is 3.34. The fourth-order valence-corrected chi connectivity index (χ4v) is 1.60. The highest BCUT2D eigenvalue weighted by molar-refractivity contribution is 9.10. The first-order valence-corrected chi connectivity index (χ1v) is 4.83. The number of rotatable bonds is 1. The third-order valence-electron chi connectivity index (χ3n) is 1.97. The summed E-state index contributed by atoms with van der Waals surface area (Å²) in [5, 5.41) is 7.04. The number of hydrogen-bond acceptors (Lipinski definition) is 1. The van der Waals surface area contributed by atoms with Crippen LogP contribution in [-0.2, 0) is 0 Å². The Kier molecular flexibility index (Phi) is 2.19. The molecule has 0 fully saturated rings.